The van der Waals surface area contributed by atoms with Gasteiger partial charge in [0.25, 0.3) is 5.91 Å². The fourth-order valence-electron chi connectivity index (χ4n) is 2.30. The zero-order valence-electron chi connectivity index (χ0n) is 11.0. The molecule has 2 aromatic rings. The summed E-state index contributed by atoms with van der Waals surface area (Å²) in [5.74, 6) is 0.648. The first-order valence-electron chi connectivity index (χ1n) is 6.56. The number of nitrogens with zero attached hydrogens (tertiary/aromatic N) is 1. The Morgan fingerprint density at radius 2 is 2.42 bits per heavy atom. The molecular formula is C14H16N2O2S. The summed E-state index contributed by atoms with van der Waals surface area (Å²) >= 11 is 1.73. The average molecular weight is 276 g/mol. The van der Waals surface area contributed by atoms with Crippen molar-refractivity contribution in [3.05, 3.63) is 27.6 Å². The van der Waals surface area contributed by atoms with E-state index in [9.17, 15) is 4.79 Å². The topological polar surface area (TPSA) is 55.1 Å². The SMILES string of the molecule is CC[C@H](C)NC(=O)c1noc2c1CCc1sccc1-2. The molecule has 0 saturated heterocycles. The Morgan fingerprint density at radius 1 is 1.58 bits per heavy atom. The number of hydrogen-bond acceptors (Lipinski definition) is 4. The van der Waals surface area contributed by atoms with Crippen molar-refractivity contribution in [1.29, 1.82) is 0 Å². The molecule has 1 aliphatic carbocycles. The molecule has 0 aromatic carbocycles. The molecule has 2 aromatic heterocycles. The van der Waals surface area contributed by atoms with Crippen LogP contribution in [0.3, 0.4) is 0 Å². The van der Waals surface area contributed by atoms with Gasteiger partial charge in [0, 0.05) is 22.0 Å². The quantitative estimate of drug-likeness (QED) is 0.937. The van der Waals surface area contributed by atoms with Gasteiger partial charge < -0.3 is 9.84 Å². The number of aryl methyl sites for hydroxylation is 1. The Hall–Kier alpha value is -1.62. The van der Waals surface area contributed by atoms with Crippen LogP contribution in [0.5, 0.6) is 0 Å². The minimum atomic E-state index is -0.127. The maximum Gasteiger partial charge on any atom is 0.273 e. The van der Waals surface area contributed by atoms with Gasteiger partial charge in [0.2, 0.25) is 0 Å². The van der Waals surface area contributed by atoms with E-state index >= 15 is 0 Å². The molecule has 0 radical (unpaired) electrons. The lowest BCUT2D eigenvalue weighted by atomic mass is 9.95. The molecule has 1 aliphatic rings. The standard InChI is InChI=1S/C14H16N2O2S/c1-3-8(2)15-14(17)12-10-4-5-11-9(6-7-19-11)13(10)18-16-12/h6-8H,3-5H2,1-2H3,(H,15,17)/t8-/m0/s1. The number of hydrogen-bond donors (Lipinski definition) is 1. The maximum absolute atomic E-state index is 12.2. The third-order valence-corrected chi connectivity index (χ3v) is 4.57. The van der Waals surface area contributed by atoms with Crippen molar-refractivity contribution < 1.29 is 9.32 Å². The summed E-state index contributed by atoms with van der Waals surface area (Å²) in [6.07, 6.45) is 2.70. The minimum Gasteiger partial charge on any atom is -0.355 e. The highest BCUT2D eigenvalue weighted by Crippen LogP contribution is 2.37. The van der Waals surface area contributed by atoms with E-state index in [-0.39, 0.29) is 11.9 Å². The Bertz CT molecular complexity index is 615. The first-order chi connectivity index (χ1) is 9.20. The van der Waals surface area contributed by atoms with Gasteiger partial charge in [0.15, 0.2) is 11.5 Å². The third-order valence-electron chi connectivity index (χ3n) is 3.59. The lowest BCUT2D eigenvalue weighted by molar-refractivity contribution is 0.0929. The van der Waals surface area contributed by atoms with E-state index in [0.717, 1.165) is 36.1 Å². The number of amides is 1. The lowest BCUT2D eigenvalue weighted by Crippen LogP contribution is -2.32. The van der Waals surface area contributed by atoms with E-state index in [1.165, 1.54) is 4.88 Å². The molecule has 1 N–H and O–H groups in total. The molecule has 3 rings (SSSR count). The van der Waals surface area contributed by atoms with Crippen LogP contribution in [0.15, 0.2) is 16.0 Å². The summed E-state index contributed by atoms with van der Waals surface area (Å²) in [7, 11) is 0. The molecule has 5 heteroatoms. The fourth-order valence-corrected chi connectivity index (χ4v) is 3.18. The van der Waals surface area contributed by atoms with Crippen LogP contribution in [0.4, 0.5) is 0 Å². The van der Waals surface area contributed by atoms with Gasteiger partial charge in [-0.3, -0.25) is 4.79 Å². The van der Waals surface area contributed by atoms with Crippen molar-refractivity contribution in [1.82, 2.24) is 10.5 Å². The van der Waals surface area contributed by atoms with E-state index in [2.05, 4.69) is 15.9 Å². The van der Waals surface area contributed by atoms with Crippen LogP contribution in [0, 0.1) is 0 Å². The highest BCUT2D eigenvalue weighted by molar-refractivity contribution is 7.10. The maximum atomic E-state index is 12.2. The van der Waals surface area contributed by atoms with Crippen LogP contribution in [0.2, 0.25) is 0 Å². The molecule has 0 unspecified atom stereocenters. The van der Waals surface area contributed by atoms with E-state index in [0.29, 0.717) is 5.69 Å². The lowest BCUT2D eigenvalue weighted by Gasteiger charge is -2.12. The summed E-state index contributed by atoms with van der Waals surface area (Å²) in [5.41, 5.74) is 2.50. The predicted molar refractivity (Wildman–Crippen MR) is 74.4 cm³/mol. The number of rotatable bonds is 3. The van der Waals surface area contributed by atoms with E-state index in [1.54, 1.807) is 11.3 Å². The second-order valence-electron chi connectivity index (χ2n) is 4.88. The number of thiophene rings is 1. The van der Waals surface area contributed by atoms with Crippen LogP contribution in [0.1, 0.15) is 41.2 Å². The van der Waals surface area contributed by atoms with Gasteiger partial charge in [-0.15, -0.1) is 11.3 Å². The number of fused-ring (bicyclic) bond motifs is 3. The molecule has 19 heavy (non-hydrogen) atoms. The predicted octanol–water partition coefficient (Wildman–Crippen LogP) is 3.03. The van der Waals surface area contributed by atoms with Gasteiger partial charge in [-0.05, 0) is 37.6 Å². The van der Waals surface area contributed by atoms with Crippen molar-refractivity contribution in [2.24, 2.45) is 0 Å². The first kappa shape index (κ1) is 12.4. The molecule has 0 fully saturated rings. The summed E-state index contributed by atoms with van der Waals surface area (Å²) in [6.45, 7) is 4.03. The smallest absolute Gasteiger partial charge is 0.273 e. The number of carbonyl (C=O) groups excluding carboxylic acids is 1. The molecule has 0 spiro atoms. The molecule has 1 atom stereocenters. The summed E-state index contributed by atoms with van der Waals surface area (Å²) in [5, 5.41) is 8.98. The number of aromatic nitrogens is 1. The van der Waals surface area contributed by atoms with Gasteiger partial charge in [-0.2, -0.15) is 0 Å². The van der Waals surface area contributed by atoms with E-state index in [4.69, 9.17) is 4.52 Å². The molecule has 4 nitrogen and oxygen atoms in total. The van der Waals surface area contributed by atoms with Gasteiger partial charge in [-0.25, -0.2) is 0 Å². The number of nitrogens with one attached hydrogen (secondary N) is 1. The highest BCUT2D eigenvalue weighted by atomic mass is 32.1. The zero-order valence-corrected chi connectivity index (χ0v) is 11.8. The average Bonchev–Trinajstić information content (AvgIpc) is 3.03. The van der Waals surface area contributed by atoms with Gasteiger partial charge in [0.1, 0.15) is 0 Å². The summed E-state index contributed by atoms with van der Waals surface area (Å²) in [6, 6.07) is 2.19. The summed E-state index contributed by atoms with van der Waals surface area (Å²) in [4.78, 5) is 13.5. The Kier molecular flexibility index (Phi) is 3.14. The van der Waals surface area contributed by atoms with Crippen LogP contribution >= 0.6 is 11.3 Å². The molecule has 0 aliphatic heterocycles. The van der Waals surface area contributed by atoms with Crippen molar-refractivity contribution in [3.63, 3.8) is 0 Å². The molecular weight excluding hydrogens is 260 g/mol. The van der Waals surface area contributed by atoms with Crippen molar-refractivity contribution >= 4 is 17.2 Å². The Labute approximate surface area is 115 Å². The van der Waals surface area contributed by atoms with Crippen LogP contribution in [-0.2, 0) is 12.8 Å². The fraction of sp³-hybridized carbons (Fsp3) is 0.429. The molecule has 100 valence electrons. The zero-order chi connectivity index (χ0) is 13.4. The monoisotopic (exact) mass is 276 g/mol. The van der Waals surface area contributed by atoms with Crippen molar-refractivity contribution in [3.8, 4) is 11.3 Å². The van der Waals surface area contributed by atoms with E-state index < -0.39 is 0 Å². The van der Waals surface area contributed by atoms with Crippen molar-refractivity contribution in [2.45, 2.75) is 39.2 Å². The largest absolute Gasteiger partial charge is 0.355 e. The normalized spacial score (nSPS) is 14.6. The van der Waals surface area contributed by atoms with Crippen LogP contribution < -0.4 is 5.32 Å². The van der Waals surface area contributed by atoms with Gasteiger partial charge in [-0.1, -0.05) is 12.1 Å². The molecule has 0 saturated carbocycles. The second kappa shape index (κ2) is 4.81. The van der Waals surface area contributed by atoms with Crippen molar-refractivity contribution in [2.75, 3.05) is 0 Å². The van der Waals surface area contributed by atoms with Gasteiger partial charge in [0.05, 0.1) is 0 Å². The summed E-state index contributed by atoms with van der Waals surface area (Å²) < 4.78 is 5.40. The Morgan fingerprint density at radius 3 is 3.21 bits per heavy atom. The first-order valence-corrected chi connectivity index (χ1v) is 7.44. The van der Waals surface area contributed by atoms with Gasteiger partial charge >= 0.3 is 0 Å². The number of carbonyl (C=O) groups is 1. The van der Waals surface area contributed by atoms with Crippen LogP contribution in [0.25, 0.3) is 11.3 Å². The minimum absolute atomic E-state index is 0.127. The highest BCUT2D eigenvalue weighted by Gasteiger charge is 2.28. The second-order valence-corrected chi connectivity index (χ2v) is 5.88. The van der Waals surface area contributed by atoms with Crippen LogP contribution in [-0.4, -0.2) is 17.1 Å². The Balaban J connectivity index is 1.93. The molecule has 0 bridgehead atoms. The molecule has 2 heterocycles. The molecule has 1 amide bonds. The van der Waals surface area contributed by atoms with E-state index in [1.807, 2.05) is 19.9 Å². The third kappa shape index (κ3) is 2.08.